The molecule has 104 valence electrons. The largest absolute Gasteiger partial charge is 0.399 e. The molecule has 6 heteroatoms. The lowest BCUT2D eigenvalue weighted by Gasteiger charge is -2.20. The lowest BCUT2D eigenvalue weighted by molar-refractivity contribution is -0.129. The molecule has 0 radical (unpaired) electrons. The van der Waals surface area contributed by atoms with Gasteiger partial charge in [0.1, 0.15) is 11.1 Å². The van der Waals surface area contributed by atoms with Gasteiger partial charge in [-0.1, -0.05) is 0 Å². The van der Waals surface area contributed by atoms with E-state index in [0.29, 0.717) is 13.1 Å². The second kappa shape index (κ2) is 5.69. The van der Waals surface area contributed by atoms with Crippen LogP contribution >= 0.6 is 0 Å². The number of benzene rings is 1. The summed E-state index contributed by atoms with van der Waals surface area (Å²) in [7, 11) is -1.59. The summed E-state index contributed by atoms with van der Waals surface area (Å²) < 4.78 is 25.5. The van der Waals surface area contributed by atoms with E-state index < -0.39 is 21.9 Å². The van der Waals surface area contributed by atoms with Gasteiger partial charge in [0.2, 0.25) is 5.91 Å². The number of amides is 1. The minimum Gasteiger partial charge on any atom is -0.399 e. The van der Waals surface area contributed by atoms with Crippen molar-refractivity contribution in [3.63, 3.8) is 0 Å². The Balaban J connectivity index is 2.15. The third kappa shape index (κ3) is 3.12. The fourth-order valence-corrected chi connectivity index (χ4v) is 3.41. The number of likely N-dealkylation sites (tertiary alicyclic amines) is 1. The van der Waals surface area contributed by atoms with Crippen LogP contribution in [0.15, 0.2) is 23.1 Å². The van der Waals surface area contributed by atoms with Crippen molar-refractivity contribution in [1.29, 1.82) is 0 Å². The second-order valence-electron chi connectivity index (χ2n) is 4.69. The Morgan fingerprint density at radius 1 is 1.37 bits per heavy atom. The van der Waals surface area contributed by atoms with Gasteiger partial charge in [-0.05, 0) is 38.0 Å². The number of carbonyl (C=O) groups excluding carboxylic acids is 1. The molecule has 1 heterocycles. The van der Waals surface area contributed by atoms with E-state index in [1.165, 1.54) is 12.1 Å². The first-order valence-electron chi connectivity index (χ1n) is 6.24. The number of nitrogens with zero attached hydrogens (tertiary/aromatic N) is 1. The van der Waals surface area contributed by atoms with E-state index in [4.69, 9.17) is 5.73 Å². The summed E-state index contributed by atoms with van der Waals surface area (Å²) in [6.07, 6.45) is 1.97. The summed E-state index contributed by atoms with van der Waals surface area (Å²) in [4.78, 5) is 14.1. The summed E-state index contributed by atoms with van der Waals surface area (Å²) in [6.45, 7) is 3.04. The Morgan fingerprint density at radius 3 is 2.58 bits per heavy atom. The molecule has 4 nitrogen and oxygen atoms in total. The quantitative estimate of drug-likeness (QED) is 0.856. The number of hydrogen-bond donors (Lipinski definition) is 1. The monoisotopic (exact) mass is 284 g/mol. The third-order valence-electron chi connectivity index (χ3n) is 3.21. The highest BCUT2D eigenvalue weighted by atomic mass is 32.2. The molecule has 0 spiro atoms. The molecule has 1 saturated heterocycles. The first-order valence-corrected chi connectivity index (χ1v) is 7.46. The van der Waals surface area contributed by atoms with Gasteiger partial charge in [0.25, 0.3) is 0 Å². The van der Waals surface area contributed by atoms with Crippen LogP contribution in [0.4, 0.5) is 10.1 Å². The second-order valence-corrected chi connectivity index (χ2v) is 6.47. The molecule has 1 amide bonds. The van der Waals surface area contributed by atoms with Gasteiger partial charge in [0.05, 0.1) is 10.8 Å². The van der Waals surface area contributed by atoms with E-state index in [2.05, 4.69) is 0 Å². The van der Waals surface area contributed by atoms with E-state index in [0.717, 1.165) is 18.9 Å². The van der Waals surface area contributed by atoms with Crippen molar-refractivity contribution in [3.8, 4) is 0 Å². The van der Waals surface area contributed by atoms with E-state index in [9.17, 15) is 13.4 Å². The highest BCUT2D eigenvalue weighted by molar-refractivity contribution is 7.86. The molecule has 2 unspecified atom stereocenters. The van der Waals surface area contributed by atoms with Crippen molar-refractivity contribution in [2.24, 2.45) is 0 Å². The van der Waals surface area contributed by atoms with Crippen LogP contribution < -0.4 is 5.73 Å². The molecule has 0 aliphatic carbocycles. The van der Waals surface area contributed by atoms with Crippen molar-refractivity contribution < 1.29 is 13.4 Å². The maximum atomic E-state index is 13.2. The van der Waals surface area contributed by atoms with Crippen molar-refractivity contribution in [2.75, 3.05) is 18.8 Å². The molecule has 1 aliphatic rings. The van der Waals surface area contributed by atoms with Gasteiger partial charge in [0, 0.05) is 23.7 Å². The number of rotatable bonds is 3. The molecule has 1 fully saturated rings. The molecule has 2 atom stereocenters. The maximum absolute atomic E-state index is 13.2. The Kier molecular flexibility index (Phi) is 4.19. The van der Waals surface area contributed by atoms with Crippen LogP contribution in [0.25, 0.3) is 0 Å². The summed E-state index contributed by atoms with van der Waals surface area (Å²) >= 11 is 0. The molecular formula is C13H17FN2O2S. The molecule has 2 rings (SSSR count). The van der Waals surface area contributed by atoms with Crippen molar-refractivity contribution >= 4 is 22.4 Å². The normalized spacial score (nSPS) is 18.3. The van der Waals surface area contributed by atoms with Crippen LogP contribution in [0.2, 0.25) is 0 Å². The fourth-order valence-electron chi connectivity index (χ4n) is 2.19. The number of carbonyl (C=O) groups is 1. The first-order chi connectivity index (χ1) is 8.99. The standard InChI is InChI=1S/C13H17FN2O2S/c1-9(13(17)16-4-2-3-5-16)19(18)12-7-10(14)6-11(15)8-12/h6-9H,2-5,15H2,1H3. The average molecular weight is 284 g/mol. The first kappa shape index (κ1) is 14.0. The summed E-state index contributed by atoms with van der Waals surface area (Å²) in [5.74, 6) is -0.678. The zero-order chi connectivity index (χ0) is 14.0. The molecule has 1 aromatic carbocycles. The van der Waals surface area contributed by atoms with Crippen LogP contribution in [0.3, 0.4) is 0 Å². The van der Waals surface area contributed by atoms with Gasteiger partial charge in [0.15, 0.2) is 0 Å². The van der Waals surface area contributed by atoms with Gasteiger partial charge in [-0.25, -0.2) is 4.39 Å². The van der Waals surface area contributed by atoms with Crippen LogP contribution in [0, 0.1) is 5.82 Å². The lowest BCUT2D eigenvalue weighted by atomic mass is 10.3. The van der Waals surface area contributed by atoms with Crippen LogP contribution in [-0.4, -0.2) is 33.4 Å². The lowest BCUT2D eigenvalue weighted by Crippen LogP contribution is -2.37. The average Bonchev–Trinajstić information content (AvgIpc) is 2.88. The van der Waals surface area contributed by atoms with Crippen molar-refractivity contribution in [3.05, 3.63) is 24.0 Å². The smallest absolute Gasteiger partial charge is 0.238 e. The summed E-state index contributed by atoms with van der Waals surface area (Å²) in [5, 5.41) is -0.681. The molecule has 19 heavy (non-hydrogen) atoms. The zero-order valence-electron chi connectivity index (χ0n) is 10.8. The predicted molar refractivity (Wildman–Crippen MR) is 72.5 cm³/mol. The van der Waals surface area contributed by atoms with Crippen LogP contribution in [0.1, 0.15) is 19.8 Å². The van der Waals surface area contributed by atoms with E-state index >= 15 is 0 Å². The number of hydrogen-bond acceptors (Lipinski definition) is 3. The summed E-state index contributed by atoms with van der Waals surface area (Å²) in [5.41, 5.74) is 5.74. The molecule has 2 N–H and O–H groups in total. The Labute approximate surface area is 114 Å². The van der Waals surface area contributed by atoms with Gasteiger partial charge < -0.3 is 10.6 Å². The van der Waals surface area contributed by atoms with Gasteiger partial charge >= 0.3 is 0 Å². The topological polar surface area (TPSA) is 63.4 Å². The van der Waals surface area contributed by atoms with Crippen molar-refractivity contribution in [1.82, 2.24) is 4.90 Å². The number of anilines is 1. The van der Waals surface area contributed by atoms with E-state index in [-0.39, 0.29) is 16.5 Å². The van der Waals surface area contributed by atoms with Crippen molar-refractivity contribution in [2.45, 2.75) is 29.9 Å². The summed E-state index contributed by atoms with van der Waals surface area (Å²) in [6, 6.07) is 3.78. The Hall–Kier alpha value is -1.43. The predicted octanol–water partition coefficient (Wildman–Crippen LogP) is 1.53. The minimum atomic E-state index is -1.59. The van der Waals surface area contributed by atoms with Gasteiger partial charge in [-0.3, -0.25) is 9.00 Å². The zero-order valence-corrected chi connectivity index (χ0v) is 11.6. The number of halogens is 1. The molecule has 0 aromatic heterocycles. The van der Waals surface area contributed by atoms with Crippen LogP contribution in [0.5, 0.6) is 0 Å². The highest BCUT2D eigenvalue weighted by Gasteiger charge is 2.28. The maximum Gasteiger partial charge on any atom is 0.238 e. The molecule has 0 saturated carbocycles. The van der Waals surface area contributed by atoms with E-state index in [1.807, 2.05) is 0 Å². The van der Waals surface area contributed by atoms with Crippen LogP contribution in [-0.2, 0) is 15.6 Å². The molecule has 1 aromatic rings. The highest BCUT2D eigenvalue weighted by Crippen LogP contribution is 2.19. The Morgan fingerprint density at radius 2 is 2.00 bits per heavy atom. The number of nitrogen functional groups attached to an aromatic ring is 1. The number of nitrogens with two attached hydrogens (primary N) is 1. The van der Waals surface area contributed by atoms with E-state index in [1.54, 1.807) is 11.8 Å². The Bertz CT molecular complexity index is 495. The van der Waals surface area contributed by atoms with Gasteiger partial charge in [-0.2, -0.15) is 0 Å². The van der Waals surface area contributed by atoms with Gasteiger partial charge in [-0.15, -0.1) is 0 Å². The third-order valence-corrected chi connectivity index (χ3v) is 4.76. The molecule has 1 aliphatic heterocycles. The fraction of sp³-hybridized carbons (Fsp3) is 0.462. The minimum absolute atomic E-state index is 0.140. The SMILES string of the molecule is CC(C(=O)N1CCCC1)S(=O)c1cc(N)cc(F)c1. The molecule has 0 bridgehead atoms. The molecular weight excluding hydrogens is 267 g/mol.